The topological polar surface area (TPSA) is 78.9 Å². The zero-order valence-corrected chi connectivity index (χ0v) is 55.2. The second-order valence-corrected chi connectivity index (χ2v) is 24.1. The SMILES string of the molecule is CC/C=C\C/C=C\C/C=C\CCCCCC(=O)OCC(COC(=O)CCCCCCCCCCCCCCCCCCCCCCC/C=C\CCCCCCCCCC)OC(=O)CCCCCCCC/C=C\C/C=C\C/C=C\CCCCC. The zero-order chi connectivity index (χ0) is 59.9. The van der Waals surface area contributed by atoms with Crippen molar-refractivity contribution in [1.82, 2.24) is 0 Å². The van der Waals surface area contributed by atoms with Crippen LogP contribution in [0.3, 0.4) is 0 Å². The Morgan fingerprint density at radius 1 is 0.253 bits per heavy atom. The Morgan fingerprint density at radius 2 is 0.470 bits per heavy atom. The maximum atomic E-state index is 12.9. The van der Waals surface area contributed by atoms with E-state index in [0.29, 0.717) is 19.3 Å². The highest BCUT2D eigenvalue weighted by molar-refractivity contribution is 5.71. The van der Waals surface area contributed by atoms with Gasteiger partial charge in [0, 0.05) is 19.3 Å². The van der Waals surface area contributed by atoms with Crippen LogP contribution in [-0.4, -0.2) is 37.2 Å². The Kier molecular flexibility index (Phi) is 68.2. The highest BCUT2D eigenvalue weighted by atomic mass is 16.6. The Balaban J connectivity index is 4.17. The van der Waals surface area contributed by atoms with E-state index in [1.807, 2.05) is 0 Å². The molecule has 1 unspecified atom stereocenters. The first-order valence-electron chi connectivity index (χ1n) is 36.1. The number of unbranched alkanes of at least 4 members (excludes halogenated alkanes) is 41. The van der Waals surface area contributed by atoms with Crippen LogP contribution >= 0.6 is 0 Å². The Bertz CT molecular complexity index is 1570. The van der Waals surface area contributed by atoms with Crippen molar-refractivity contribution < 1.29 is 28.6 Å². The summed E-state index contributed by atoms with van der Waals surface area (Å²) < 4.78 is 16.9. The molecule has 480 valence electrons. The third-order valence-electron chi connectivity index (χ3n) is 15.9. The quantitative estimate of drug-likeness (QED) is 0.0261. The van der Waals surface area contributed by atoms with Crippen molar-refractivity contribution in [2.24, 2.45) is 0 Å². The molecular weight excluding hydrogens is 1020 g/mol. The lowest BCUT2D eigenvalue weighted by molar-refractivity contribution is -0.167. The van der Waals surface area contributed by atoms with Gasteiger partial charge in [-0.05, 0) is 116 Å². The van der Waals surface area contributed by atoms with Crippen LogP contribution in [-0.2, 0) is 28.6 Å². The summed E-state index contributed by atoms with van der Waals surface area (Å²) in [6, 6.07) is 0. The maximum absolute atomic E-state index is 12.9. The third kappa shape index (κ3) is 69.3. The molecule has 0 spiro atoms. The largest absolute Gasteiger partial charge is 0.462 e. The van der Waals surface area contributed by atoms with Crippen LogP contribution in [0, 0.1) is 0 Å². The monoisotopic (exact) mass is 1160 g/mol. The molecule has 0 aromatic carbocycles. The number of ether oxygens (including phenoxy) is 3. The van der Waals surface area contributed by atoms with Crippen LogP contribution < -0.4 is 0 Å². The van der Waals surface area contributed by atoms with E-state index >= 15 is 0 Å². The van der Waals surface area contributed by atoms with Gasteiger partial charge in [0.05, 0.1) is 0 Å². The van der Waals surface area contributed by atoms with Crippen molar-refractivity contribution in [3.05, 3.63) is 85.1 Å². The fourth-order valence-electron chi connectivity index (χ4n) is 10.5. The molecular formula is C77H136O6. The molecule has 0 saturated heterocycles. The summed E-state index contributed by atoms with van der Waals surface area (Å²) in [5, 5.41) is 0. The van der Waals surface area contributed by atoms with Gasteiger partial charge in [-0.15, -0.1) is 0 Å². The smallest absolute Gasteiger partial charge is 0.306 e. The molecule has 6 nitrogen and oxygen atoms in total. The molecule has 0 aromatic heterocycles. The zero-order valence-electron chi connectivity index (χ0n) is 55.2. The van der Waals surface area contributed by atoms with Crippen molar-refractivity contribution in [3.8, 4) is 0 Å². The molecule has 0 fully saturated rings. The Morgan fingerprint density at radius 3 is 0.783 bits per heavy atom. The predicted molar refractivity (Wildman–Crippen MR) is 362 cm³/mol. The average molecular weight is 1160 g/mol. The number of hydrogen-bond donors (Lipinski definition) is 0. The van der Waals surface area contributed by atoms with Crippen molar-refractivity contribution >= 4 is 17.9 Å². The summed E-state index contributed by atoms with van der Waals surface area (Å²) >= 11 is 0. The molecule has 0 bridgehead atoms. The van der Waals surface area contributed by atoms with Gasteiger partial charge in [0.2, 0.25) is 0 Å². The molecule has 0 rings (SSSR count). The molecule has 0 aliphatic carbocycles. The predicted octanol–water partition coefficient (Wildman–Crippen LogP) is 25.0. The first-order chi connectivity index (χ1) is 41.0. The molecule has 0 N–H and O–H groups in total. The highest BCUT2D eigenvalue weighted by Gasteiger charge is 2.19. The number of rotatable bonds is 66. The summed E-state index contributed by atoms with van der Waals surface area (Å²) in [5.41, 5.74) is 0. The van der Waals surface area contributed by atoms with Crippen LogP contribution in [0.2, 0.25) is 0 Å². The maximum Gasteiger partial charge on any atom is 0.306 e. The van der Waals surface area contributed by atoms with Crippen molar-refractivity contribution in [3.63, 3.8) is 0 Å². The normalized spacial score (nSPS) is 12.6. The van der Waals surface area contributed by atoms with Crippen molar-refractivity contribution in [1.29, 1.82) is 0 Å². The van der Waals surface area contributed by atoms with E-state index in [0.717, 1.165) is 109 Å². The Hall–Kier alpha value is -3.41. The van der Waals surface area contributed by atoms with E-state index in [1.165, 1.54) is 218 Å². The number of carbonyl (C=O) groups is 3. The number of carbonyl (C=O) groups excluding carboxylic acids is 3. The van der Waals surface area contributed by atoms with Gasteiger partial charge in [0.25, 0.3) is 0 Å². The summed E-state index contributed by atoms with van der Waals surface area (Å²) in [6.45, 7) is 6.50. The molecule has 1 atom stereocenters. The molecule has 0 amide bonds. The molecule has 0 heterocycles. The van der Waals surface area contributed by atoms with Gasteiger partial charge in [-0.2, -0.15) is 0 Å². The second kappa shape index (κ2) is 71.1. The minimum atomic E-state index is -0.797. The van der Waals surface area contributed by atoms with Crippen LogP contribution in [0.15, 0.2) is 85.1 Å². The van der Waals surface area contributed by atoms with E-state index in [1.54, 1.807) is 0 Å². The fourth-order valence-corrected chi connectivity index (χ4v) is 10.5. The van der Waals surface area contributed by atoms with E-state index in [9.17, 15) is 14.4 Å². The third-order valence-corrected chi connectivity index (χ3v) is 15.9. The number of hydrogen-bond acceptors (Lipinski definition) is 6. The molecule has 0 radical (unpaired) electrons. The van der Waals surface area contributed by atoms with Gasteiger partial charge in [-0.3, -0.25) is 14.4 Å². The van der Waals surface area contributed by atoms with Gasteiger partial charge in [-0.25, -0.2) is 0 Å². The van der Waals surface area contributed by atoms with Gasteiger partial charge in [0.15, 0.2) is 6.10 Å². The molecule has 0 aliphatic heterocycles. The minimum Gasteiger partial charge on any atom is -0.462 e. The van der Waals surface area contributed by atoms with Gasteiger partial charge in [-0.1, -0.05) is 318 Å². The van der Waals surface area contributed by atoms with Gasteiger partial charge < -0.3 is 14.2 Å². The van der Waals surface area contributed by atoms with Gasteiger partial charge >= 0.3 is 17.9 Å². The van der Waals surface area contributed by atoms with Crippen LogP contribution in [0.25, 0.3) is 0 Å². The highest BCUT2D eigenvalue weighted by Crippen LogP contribution is 2.18. The summed E-state index contributed by atoms with van der Waals surface area (Å²) in [4.78, 5) is 38.4. The van der Waals surface area contributed by atoms with Crippen LogP contribution in [0.1, 0.15) is 367 Å². The summed E-state index contributed by atoms with van der Waals surface area (Å²) in [5.74, 6) is -0.916. The molecule has 0 aromatic rings. The minimum absolute atomic E-state index is 0.0889. The van der Waals surface area contributed by atoms with E-state index in [4.69, 9.17) is 14.2 Å². The molecule has 0 aliphatic rings. The number of allylic oxidation sites excluding steroid dienone is 14. The Labute approximate surface area is 515 Å². The molecule has 83 heavy (non-hydrogen) atoms. The summed E-state index contributed by atoms with van der Waals surface area (Å²) in [7, 11) is 0. The summed E-state index contributed by atoms with van der Waals surface area (Å²) in [6.07, 6.45) is 94.9. The van der Waals surface area contributed by atoms with Gasteiger partial charge in [0.1, 0.15) is 13.2 Å². The lowest BCUT2D eigenvalue weighted by Crippen LogP contribution is -2.30. The van der Waals surface area contributed by atoms with Crippen molar-refractivity contribution in [2.45, 2.75) is 374 Å². The first-order valence-corrected chi connectivity index (χ1v) is 36.1. The average Bonchev–Trinajstić information content (AvgIpc) is 3.49. The second-order valence-electron chi connectivity index (χ2n) is 24.1. The molecule has 0 saturated carbocycles. The van der Waals surface area contributed by atoms with Crippen LogP contribution in [0.4, 0.5) is 0 Å². The fraction of sp³-hybridized carbons (Fsp3) is 0.779. The van der Waals surface area contributed by atoms with Crippen LogP contribution in [0.5, 0.6) is 0 Å². The van der Waals surface area contributed by atoms with E-state index in [-0.39, 0.29) is 31.1 Å². The standard InChI is InChI=1S/C77H136O6/c1-4-7-10-13-16-19-22-25-27-29-31-32-33-34-35-36-37-38-39-40-41-42-43-44-46-47-49-52-55-58-61-64-67-70-76(79)82-73-74(72-81-75(78)69-66-63-60-57-54-51-24-21-18-15-12-9-6-3)83-77(80)71-68-65-62-59-56-53-50-48-45-30-28-26-23-20-17-14-11-8-5-2/h9,12,17-18,20-21,26,28-29,31,45,48,51,54,74H,4-8,10-11,13-16,19,22-25,27,30,32-44,46-47,49-50,52-53,55-73H2,1-3H3/b12-9-,20-17-,21-18-,28-26-,31-29-,48-45-,54-51-. The first kappa shape index (κ1) is 79.6. The molecule has 6 heteroatoms. The lowest BCUT2D eigenvalue weighted by atomic mass is 10.0. The van der Waals surface area contributed by atoms with E-state index < -0.39 is 6.10 Å². The van der Waals surface area contributed by atoms with Crippen molar-refractivity contribution in [2.75, 3.05) is 13.2 Å². The number of esters is 3. The lowest BCUT2D eigenvalue weighted by Gasteiger charge is -2.18. The van der Waals surface area contributed by atoms with E-state index in [2.05, 4.69) is 106 Å².